The van der Waals surface area contributed by atoms with Crippen LogP contribution >= 0.6 is 0 Å². The molecule has 112 valence electrons. The van der Waals surface area contributed by atoms with Crippen molar-refractivity contribution in [1.29, 1.82) is 0 Å². The first-order chi connectivity index (χ1) is 9.04. The van der Waals surface area contributed by atoms with Crippen LogP contribution in [-0.2, 0) is 4.79 Å². The van der Waals surface area contributed by atoms with E-state index < -0.39 is 0 Å². The number of carbonyl (C=O) groups is 1. The minimum Gasteiger partial charge on any atom is -0.395 e. The van der Waals surface area contributed by atoms with E-state index in [9.17, 15) is 4.79 Å². The van der Waals surface area contributed by atoms with E-state index in [1.165, 1.54) is 6.42 Å². The van der Waals surface area contributed by atoms with Gasteiger partial charge in [-0.05, 0) is 32.2 Å². The van der Waals surface area contributed by atoms with Crippen LogP contribution in [0.2, 0.25) is 0 Å². The number of nitrogens with one attached hydrogen (secondary N) is 2. The summed E-state index contributed by atoms with van der Waals surface area (Å²) in [6.45, 7) is 9.32. The summed E-state index contributed by atoms with van der Waals surface area (Å²) >= 11 is 0. The third-order valence-corrected chi connectivity index (χ3v) is 3.62. The number of hydrogen-bond donors (Lipinski definition) is 3. The zero-order chi connectivity index (χ0) is 14.3. The van der Waals surface area contributed by atoms with Crippen molar-refractivity contribution in [2.45, 2.75) is 45.7 Å². The zero-order valence-electron chi connectivity index (χ0n) is 12.5. The molecule has 0 aliphatic carbocycles. The van der Waals surface area contributed by atoms with Crippen molar-refractivity contribution in [3.8, 4) is 0 Å². The predicted molar refractivity (Wildman–Crippen MR) is 77.0 cm³/mol. The average Bonchev–Trinajstić information content (AvgIpc) is 2.87. The number of aliphatic hydroxyl groups excluding tert-OH is 1. The van der Waals surface area contributed by atoms with E-state index in [1.807, 2.05) is 6.92 Å². The standard InChI is InChI=1S/C14H29N3O2/c1-11(2)9-16-14(19)12(3)17(7-8-18)10-13-5-4-6-15-13/h11-13,15,18H,4-10H2,1-3H3,(H,16,19). The lowest BCUT2D eigenvalue weighted by molar-refractivity contribution is -0.126. The summed E-state index contributed by atoms with van der Waals surface area (Å²) in [6, 6.07) is 0.264. The molecule has 1 amide bonds. The minimum atomic E-state index is -0.187. The Bertz CT molecular complexity index is 265. The van der Waals surface area contributed by atoms with Crippen molar-refractivity contribution in [2.75, 3.05) is 32.8 Å². The molecular formula is C14H29N3O2. The summed E-state index contributed by atoms with van der Waals surface area (Å²) in [5.41, 5.74) is 0. The molecule has 0 saturated carbocycles. The highest BCUT2D eigenvalue weighted by molar-refractivity contribution is 5.81. The van der Waals surface area contributed by atoms with Crippen LogP contribution in [0.4, 0.5) is 0 Å². The molecule has 1 aliphatic heterocycles. The largest absolute Gasteiger partial charge is 0.395 e. The van der Waals surface area contributed by atoms with Gasteiger partial charge in [0, 0.05) is 25.7 Å². The Labute approximate surface area is 116 Å². The molecule has 2 atom stereocenters. The third-order valence-electron chi connectivity index (χ3n) is 3.62. The van der Waals surface area contributed by atoms with Crippen molar-refractivity contribution in [2.24, 2.45) is 5.92 Å². The summed E-state index contributed by atoms with van der Waals surface area (Å²) in [4.78, 5) is 14.2. The molecule has 19 heavy (non-hydrogen) atoms. The van der Waals surface area contributed by atoms with E-state index >= 15 is 0 Å². The van der Waals surface area contributed by atoms with Crippen LogP contribution in [0.5, 0.6) is 0 Å². The highest BCUT2D eigenvalue weighted by Crippen LogP contribution is 2.09. The van der Waals surface area contributed by atoms with E-state index in [0.29, 0.717) is 25.0 Å². The lowest BCUT2D eigenvalue weighted by Gasteiger charge is -2.30. The van der Waals surface area contributed by atoms with Gasteiger partial charge in [0.15, 0.2) is 0 Å². The van der Waals surface area contributed by atoms with Crippen molar-refractivity contribution in [3.63, 3.8) is 0 Å². The minimum absolute atomic E-state index is 0.0557. The van der Waals surface area contributed by atoms with E-state index in [1.54, 1.807) is 0 Å². The Hall–Kier alpha value is -0.650. The van der Waals surface area contributed by atoms with E-state index in [4.69, 9.17) is 5.11 Å². The molecule has 0 aromatic rings. The summed E-state index contributed by atoms with van der Waals surface area (Å²) in [6.07, 6.45) is 2.35. The summed E-state index contributed by atoms with van der Waals surface area (Å²) < 4.78 is 0. The number of aliphatic hydroxyl groups is 1. The SMILES string of the molecule is CC(C)CNC(=O)C(C)N(CCO)CC1CCCN1. The third kappa shape index (κ3) is 5.89. The Balaban J connectivity index is 2.45. The van der Waals surface area contributed by atoms with Crippen LogP contribution in [0.15, 0.2) is 0 Å². The topological polar surface area (TPSA) is 64.6 Å². The van der Waals surface area contributed by atoms with Crippen LogP contribution in [-0.4, -0.2) is 60.8 Å². The number of rotatable bonds is 8. The van der Waals surface area contributed by atoms with Crippen LogP contribution in [0.1, 0.15) is 33.6 Å². The van der Waals surface area contributed by atoms with Gasteiger partial charge in [0.25, 0.3) is 0 Å². The van der Waals surface area contributed by atoms with Crippen molar-refractivity contribution in [1.82, 2.24) is 15.5 Å². The highest BCUT2D eigenvalue weighted by atomic mass is 16.3. The smallest absolute Gasteiger partial charge is 0.237 e. The molecule has 1 aliphatic rings. The van der Waals surface area contributed by atoms with Gasteiger partial charge in [-0.2, -0.15) is 0 Å². The van der Waals surface area contributed by atoms with Gasteiger partial charge in [-0.1, -0.05) is 13.8 Å². The normalized spacial score (nSPS) is 21.1. The average molecular weight is 271 g/mol. The Kier molecular flexibility index (Phi) is 7.34. The second-order valence-electron chi connectivity index (χ2n) is 5.83. The molecular weight excluding hydrogens is 242 g/mol. The van der Waals surface area contributed by atoms with Crippen molar-refractivity contribution in [3.05, 3.63) is 0 Å². The van der Waals surface area contributed by atoms with Gasteiger partial charge in [-0.25, -0.2) is 0 Å². The Morgan fingerprint density at radius 2 is 2.21 bits per heavy atom. The fourth-order valence-corrected chi connectivity index (χ4v) is 2.39. The van der Waals surface area contributed by atoms with Crippen LogP contribution in [0, 0.1) is 5.92 Å². The zero-order valence-corrected chi connectivity index (χ0v) is 12.5. The monoisotopic (exact) mass is 271 g/mol. The summed E-state index contributed by atoms with van der Waals surface area (Å²) in [7, 11) is 0. The number of nitrogens with zero attached hydrogens (tertiary/aromatic N) is 1. The molecule has 0 aromatic carbocycles. The second kappa shape index (κ2) is 8.51. The van der Waals surface area contributed by atoms with Crippen LogP contribution in [0.3, 0.4) is 0 Å². The molecule has 1 rings (SSSR count). The number of amides is 1. The molecule has 0 spiro atoms. The van der Waals surface area contributed by atoms with Gasteiger partial charge in [-0.15, -0.1) is 0 Å². The first-order valence-corrected chi connectivity index (χ1v) is 7.40. The van der Waals surface area contributed by atoms with Gasteiger partial charge < -0.3 is 15.7 Å². The van der Waals surface area contributed by atoms with Crippen LogP contribution in [0.25, 0.3) is 0 Å². The molecule has 3 N–H and O–H groups in total. The molecule has 0 aromatic heterocycles. The maximum atomic E-state index is 12.1. The maximum Gasteiger partial charge on any atom is 0.237 e. The Morgan fingerprint density at radius 3 is 2.74 bits per heavy atom. The Morgan fingerprint density at radius 1 is 1.47 bits per heavy atom. The van der Waals surface area contributed by atoms with Gasteiger partial charge >= 0.3 is 0 Å². The van der Waals surface area contributed by atoms with Crippen molar-refractivity contribution < 1.29 is 9.90 Å². The molecule has 0 bridgehead atoms. The predicted octanol–water partition coefficient (Wildman–Crippen LogP) is 0.193. The molecule has 1 saturated heterocycles. The first kappa shape index (κ1) is 16.4. The maximum absolute atomic E-state index is 12.1. The quantitative estimate of drug-likeness (QED) is 0.590. The molecule has 0 radical (unpaired) electrons. The van der Waals surface area contributed by atoms with Gasteiger partial charge in [0.2, 0.25) is 5.91 Å². The number of carbonyl (C=O) groups excluding carboxylic acids is 1. The van der Waals surface area contributed by atoms with Gasteiger partial charge in [-0.3, -0.25) is 9.69 Å². The van der Waals surface area contributed by atoms with Gasteiger partial charge in [0.1, 0.15) is 0 Å². The van der Waals surface area contributed by atoms with E-state index in [-0.39, 0.29) is 18.6 Å². The van der Waals surface area contributed by atoms with Crippen LogP contribution < -0.4 is 10.6 Å². The lowest BCUT2D eigenvalue weighted by Crippen LogP contribution is -2.50. The molecule has 1 heterocycles. The number of hydrogen-bond acceptors (Lipinski definition) is 4. The molecule has 5 heteroatoms. The fraction of sp³-hybridized carbons (Fsp3) is 0.929. The van der Waals surface area contributed by atoms with Gasteiger partial charge in [0.05, 0.1) is 12.6 Å². The van der Waals surface area contributed by atoms with E-state index in [2.05, 4.69) is 29.4 Å². The van der Waals surface area contributed by atoms with E-state index in [0.717, 1.165) is 19.5 Å². The first-order valence-electron chi connectivity index (χ1n) is 7.40. The molecule has 5 nitrogen and oxygen atoms in total. The molecule has 1 fully saturated rings. The fourth-order valence-electron chi connectivity index (χ4n) is 2.39. The summed E-state index contributed by atoms with van der Waals surface area (Å²) in [5, 5.41) is 15.6. The highest BCUT2D eigenvalue weighted by Gasteiger charge is 2.25. The second-order valence-corrected chi connectivity index (χ2v) is 5.83. The lowest BCUT2D eigenvalue weighted by atomic mass is 10.1. The van der Waals surface area contributed by atoms with Crippen molar-refractivity contribution >= 4 is 5.91 Å². The molecule has 2 unspecified atom stereocenters. The summed E-state index contributed by atoms with van der Waals surface area (Å²) in [5.74, 6) is 0.513.